The van der Waals surface area contributed by atoms with Gasteiger partial charge in [0.15, 0.2) is 0 Å². The summed E-state index contributed by atoms with van der Waals surface area (Å²) < 4.78 is 0.798. The van der Waals surface area contributed by atoms with Crippen molar-refractivity contribution in [3.63, 3.8) is 0 Å². The van der Waals surface area contributed by atoms with Crippen molar-refractivity contribution in [3.8, 4) is 0 Å². The van der Waals surface area contributed by atoms with Crippen molar-refractivity contribution in [1.29, 1.82) is 0 Å². The maximum atomic E-state index is 12.1. The summed E-state index contributed by atoms with van der Waals surface area (Å²) >= 11 is 3.32. The van der Waals surface area contributed by atoms with E-state index in [1.54, 1.807) is 18.2 Å². The van der Waals surface area contributed by atoms with Gasteiger partial charge in [0.05, 0.1) is 0 Å². The second-order valence-electron chi connectivity index (χ2n) is 4.80. The smallest absolute Gasteiger partial charge is 0.251 e. The SMILES string of the molecule is CC(Cc1ccccc1)NC(=O)c1ccc(Br)c(N)c1. The molecule has 0 bridgehead atoms. The molecule has 104 valence electrons. The van der Waals surface area contributed by atoms with Gasteiger partial charge in [-0.1, -0.05) is 30.3 Å². The van der Waals surface area contributed by atoms with Crippen LogP contribution in [-0.4, -0.2) is 11.9 Å². The first-order valence-corrected chi connectivity index (χ1v) is 7.25. The largest absolute Gasteiger partial charge is 0.398 e. The molecule has 2 aromatic rings. The first-order chi connectivity index (χ1) is 9.56. The highest BCUT2D eigenvalue weighted by molar-refractivity contribution is 9.10. The van der Waals surface area contributed by atoms with Crippen molar-refractivity contribution in [2.75, 3.05) is 5.73 Å². The molecule has 3 nitrogen and oxygen atoms in total. The number of halogens is 1. The van der Waals surface area contributed by atoms with Crippen molar-refractivity contribution < 1.29 is 4.79 Å². The monoisotopic (exact) mass is 332 g/mol. The molecule has 1 amide bonds. The molecule has 1 unspecified atom stereocenters. The molecule has 20 heavy (non-hydrogen) atoms. The molecule has 0 spiro atoms. The van der Waals surface area contributed by atoms with Gasteiger partial charge in [0.1, 0.15) is 0 Å². The Labute approximate surface area is 127 Å². The molecule has 0 aliphatic heterocycles. The average Bonchev–Trinajstić information content (AvgIpc) is 2.42. The van der Waals surface area contributed by atoms with Crippen LogP contribution < -0.4 is 11.1 Å². The van der Waals surface area contributed by atoms with Crippen LogP contribution in [0.25, 0.3) is 0 Å². The van der Waals surface area contributed by atoms with Gasteiger partial charge in [0.25, 0.3) is 5.91 Å². The lowest BCUT2D eigenvalue weighted by Crippen LogP contribution is -2.34. The third kappa shape index (κ3) is 3.84. The Kier molecular flexibility index (Phi) is 4.79. The minimum Gasteiger partial charge on any atom is -0.398 e. The van der Waals surface area contributed by atoms with Crippen molar-refractivity contribution in [3.05, 3.63) is 64.1 Å². The van der Waals surface area contributed by atoms with E-state index in [2.05, 4.69) is 33.4 Å². The number of hydrogen-bond donors (Lipinski definition) is 2. The van der Waals surface area contributed by atoms with Crippen LogP contribution >= 0.6 is 15.9 Å². The molecular formula is C16H17BrN2O. The third-order valence-corrected chi connectivity index (χ3v) is 3.74. The molecule has 0 aromatic heterocycles. The van der Waals surface area contributed by atoms with Crippen LogP contribution in [0.3, 0.4) is 0 Å². The summed E-state index contributed by atoms with van der Waals surface area (Å²) in [7, 11) is 0. The van der Waals surface area contributed by atoms with Crippen molar-refractivity contribution in [2.24, 2.45) is 0 Å². The standard InChI is InChI=1S/C16H17BrN2O/c1-11(9-12-5-3-2-4-6-12)19-16(20)13-7-8-14(17)15(18)10-13/h2-8,10-11H,9,18H2,1H3,(H,19,20). The van der Waals surface area contributed by atoms with Gasteiger partial charge < -0.3 is 11.1 Å². The van der Waals surface area contributed by atoms with Crippen molar-refractivity contribution >= 4 is 27.5 Å². The highest BCUT2D eigenvalue weighted by Crippen LogP contribution is 2.20. The first kappa shape index (κ1) is 14.6. The highest BCUT2D eigenvalue weighted by Gasteiger charge is 2.11. The maximum Gasteiger partial charge on any atom is 0.251 e. The number of amides is 1. The van der Waals surface area contributed by atoms with Gasteiger partial charge in [-0.2, -0.15) is 0 Å². The molecule has 0 aliphatic carbocycles. The molecule has 1 atom stereocenters. The van der Waals surface area contributed by atoms with Gasteiger partial charge >= 0.3 is 0 Å². The predicted octanol–water partition coefficient (Wildman–Crippen LogP) is 3.39. The fraction of sp³-hybridized carbons (Fsp3) is 0.188. The Morgan fingerprint density at radius 2 is 1.95 bits per heavy atom. The number of carbonyl (C=O) groups is 1. The topological polar surface area (TPSA) is 55.1 Å². The number of hydrogen-bond acceptors (Lipinski definition) is 2. The zero-order valence-electron chi connectivity index (χ0n) is 11.3. The number of anilines is 1. The van der Waals surface area contributed by atoms with Crippen LogP contribution in [-0.2, 0) is 6.42 Å². The lowest BCUT2D eigenvalue weighted by molar-refractivity contribution is 0.0940. The Bertz CT molecular complexity index is 599. The molecule has 0 aliphatic rings. The molecular weight excluding hydrogens is 316 g/mol. The number of carbonyl (C=O) groups excluding carboxylic acids is 1. The second kappa shape index (κ2) is 6.57. The maximum absolute atomic E-state index is 12.1. The van der Waals surface area contributed by atoms with E-state index in [0.29, 0.717) is 11.3 Å². The van der Waals surface area contributed by atoms with Crippen molar-refractivity contribution in [2.45, 2.75) is 19.4 Å². The summed E-state index contributed by atoms with van der Waals surface area (Å²) in [5, 5.41) is 2.98. The zero-order chi connectivity index (χ0) is 14.5. The van der Waals surface area contributed by atoms with Gasteiger partial charge in [-0.25, -0.2) is 0 Å². The van der Waals surface area contributed by atoms with Gasteiger partial charge in [-0.3, -0.25) is 4.79 Å². The van der Waals surface area contributed by atoms with Crippen LogP contribution in [0.15, 0.2) is 53.0 Å². The quantitative estimate of drug-likeness (QED) is 0.843. The van der Waals surface area contributed by atoms with Crippen LogP contribution in [0.2, 0.25) is 0 Å². The summed E-state index contributed by atoms with van der Waals surface area (Å²) in [5.74, 6) is -0.104. The molecule has 2 rings (SSSR count). The third-order valence-electron chi connectivity index (χ3n) is 3.02. The number of nitrogens with two attached hydrogens (primary N) is 1. The van der Waals surface area contributed by atoms with Crippen LogP contribution in [0.4, 0.5) is 5.69 Å². The first-order valence-electron chi connectivity index (χ1n) is 6.46. The van der Waals surface area contributed by atoms with Gasteiger partial charge in [-0.05, 0) is 53.0 Å². The lowest BCUT2D eigenvalue weighted by Gasteiger charge is -2.14. The van der Waals surface area contributed by atoms with Gasteiger partial charge in [0, 0.05) is 21.8 Å². The Balaban J connectivity index is 1.98. The van der Waals surface area contributed by atoms with Gasteiger partial charge in [-0.15, -0.1) is 0 Å². The molecule has 0 heterocycles. The zero-order valence-corrected chi connectivity index (χ0v) is 12.9. The van der Waals surface area contributed by atoms with Gasteiger partial charge in [0.2, 0.25) is 0 Å². The van der Waals surface area contributed by atoms with E-state index in [9.17, 15) is 4.79 Å². The van der Waals surface area contributed by atoms with E-state index < -0.39 is 0 Å². The predicted molar refractivity (Wildman–Crippen MR) is 85.6 cm³/mol. The number of rotatable bonds is 4. The molecule has 0 saturated heterocycles. The molecule has 0 radical (unpaired) electrons. The average molecular weight is 333 g/mol. The van der Waals surface area contributed by atoms with Crippen LogP contribution in [0.1, 0.15) is 22.8 Å². The Morgan fingerprint density at radius 3 is 2.60 bits per heavy atom. The lowest BCUT2D eigenvalue weighted by atomic mass is 10.1. The summed E-state index contributed by atoms with van der Waals surface area (Å²) in [6, 6.07) is 15.4. The summed E-state index contributed by atoms with van der Waals surface area (Å²) in [6.07, 6.45) is 0.804. The minimum atomic E-state index is -0.104. The fourth-order valence-electron chi connectivity index (χ4n) is 2.01. The summed E-state index contributed by atoms with van der Waals surface area (Å²) in [5.41, 5.74) is 8.13. The van der Waals surface area contributed by atoms with Crippen molar-refractivity contribution in [1.82, 2.24) is 5.32 Å². The summed E-state index contributed by atoms with van der Waals surface area (Å²) in [4.78, 5) is 12.1. The highest BCUT2D eigenvalue weighted by atomic mass is 79.9. The second-order valence-corrected chi connectivity index (χ2v) is 5.65. The Hall–Kier alpha value is -1.81. The molecule has 0 saturated carbocycles. The normalized spacial score (nSPS) is 11.9. The summed E-state index contributed by atoms with van der Waals surface area (Å²) in [6.45, 7) is 1.99. The minimum absolute atomic E-state index is 0.0646. The number of nitrogens with one attached hydrogen (secondary N) is 1. The van der Waals surface area contributed by atoms with E-state index in [1.807, 2.05) is 25.1 Å². The fourth-order valence-corrected chi connectivity index (χ4v) is 2.26. The number of nitrogen functional groups attached to an aromatic ring is 1. The molecule has 0 fully saturated rings. The molecule has 3 N–H and O–H groups in total. The van der Waals surface area contributed by atoms with Crippen LogP contribution in [0.5, 0.6) is 0 Å². The van der Waals surface area contributed by atoms with E-state index >= 15 is 0 Å². The molecule has 4 heteroatoms. The van der Waals surface area contributed by atoms with E-state index in [1.165, 1.54) is 5.56 Å². The van der Waals surface area contributed by atoms with E-state index in [4.69, 9.17) is 5.73 Å². The van der Waals surface area contributed by atoms with E-state index in [0.717, 1.165) is 10.9 Å². The molecule has 2 aromatic carbocycles. The number of benzene rings is 2. The van der Waals surface area contributed by atoms with Crippen LogP contribution in [0, 0.1) is 0 Å². The Morgan fingerprint density at radius 1 is 1.25 bits per heavy atom. The van der Waals surface area contributed by atoms with E-state index in [-0.39, 0.29) is 11.9 Å².